The van der Waals surface area contributed by atoms with Gasteiger partial charge in [-0.25, -0.2) is 0 Å². The summed E-state index contributed by atoms with van der Waals surface area (Å²) in [5, 5.41) is 9.27. The lowest BCUT2D eigenvalue weighted by molar-refractivity contribution is -0.482. The zero-order valence-corrected chi connectivity index (χ0v) is 21.3. The van der Waals surface area contributed by atoms with Crippen LogP contribution in [0, 0.1) is 0 Å². The standard InChI is InChI=1S/C20H15F25O/c1-2-3-4-5-6-8(46)7-9(21,22)10(23,24)11(25,26)12(27,28)13(29,30)14(31,32)15(33,34)16(35,36)17(37,38)18(39,40)19(41,42)20(43,44)45/h2,8,46H,1,3-7H2. The Morgan fingerprint density at radius 1 is 0.413 bits per heavy atom. The van der Waals surface area contributed by atoms with E-state index in [0.717, 1.165) is 6.08 Å². The second-order valence-electron chi connectivity index (χ2n) is 9.38. The third-order valence-electron chi connectivity index (χ3n) is 6.05. The van der Waals surface area contributed by atoms with Crippen LogP contribution in [0.25, 0.3) is 0 Å². The highest BCUT2D eigenvalue weighted by Crippen LogP contribution is 2.67. The lowest BCUT2D eigenvalue weighted by atomic mass is 9.84. The molecule has 0 saturated heterocycles. The summed E-state index contributed by atoms with van der Waals surface area (Å²) in [6, 6.07) is 0. The van der Waals surface area contributed by atoms with Crippen molar-refractivity contribution in [2.24, 2.45) is 0 Å². The number of aliphatic hydroxyl groups is 1. The van der Waals surface area contributed by atoms with Crippen molar-refractivity contribution in [3.05, 3.63) is 12.7 Å². The first kappa shape index (κ1) is 43.9. The van der Waals surface area contributed by atoms with Gasteiger partial charge in [-0.15, -0.1) is 6.58 Å². The number of alkyl halides is 25. The SMILES string of the molecule is C=CCCCCC(O)CC(F)(F)C(F)(F)C(F)(F)C(F)(F)C(F)(F)C(F)(F)C(F)(F)C(F)(F)C(F)(F)C(F)(F)C(F)(F)C(F)(F)F. The van der Waals surface area contributed by atoms with Gasteiger partial charge >= 0.3 is 71.3 Å². The molecule has 1 nitrogen and oxygen atoms in total. The van der Waals surface area contributed by atoms with Gasteiger partial charge in [0.2, 0.25) is 0 Å². The van der Waals surface area contributed by atoms with Crippen LogP contribution in [-0.2, 0) is 0 Å². The van der Waals surface area contributed by atoms with Crippen molar-refractivity contribution in [2.45, 2.75) is 110 Å². The first-order valence-electron chi connectivity index (χ1n) is 11.2. The summed E-state index contributed by atoms with van der Waals surface area (Å²) in [5.74, 6) is -98.7. The Kier molecular flexibility index (Phi) is 11.6. The maximum atomic E-state index is 13.9. The van der Waals surface area contributed by atoms with Gasteiger partial charge in [-0.3, -0.25) is 0 Å². The molecule has 26 heteroatoms. The van der Waals surface area contributed by atoms with Crippen LogP contribution in [0.2, 0.25) is 0 Å². The molecule has 0 radical (unpaired) electrons. The number of rotatable bonds is 17. The van der Waals surface area contributed by atoms with Gasteiger partial charge < -0.3 is 5.11 Å². The van der Waals surface area contributed by atoms with Crippen LogP contribution < -0.4 is 0 Å². The van der Waals surface area contributed by atoms with Crippen molar-refractivity contribution in [1.29, 1.82) is 0 Å². The summed E-state index contributed by atoms with van der Waals surface area (Å²) in [6.45, 7) is 3.14. The Labute approximate surface area is 238 Å². The predicted molar refractivity (Wildman–Crippen MR) is 99.8 cm³/mol. The van der Waals surface area contributed by atoms with Gasteiger partial charge in [-0.2, -0.15) is 110 Å². The first-order chi connectivity index (χ1) is 19.7. The second kappa shape index (κ2) is 12.1. The van der Waals surface area contributed by atoms with Crippen LogP contribution in [0.4, 0.5) is 110 Å². The molecule has 0 bridgehead atoms. The van der Waals surface area contributed by atoms with Gasteiger partial charge in [0.25, 0.3) is 0 Å². The second-order valence-corrected chi connectivity index (χ2v) is 9.38. The fourth-order valence-corrected chi connectivity index (χ4v) is 3.18. The third kappa shape index (κ3) is 6.04. The highest BCUT2D eigenvalue weighted by atomic mass is 19.4. The van der Waals surface area contributed by atoms with E-state index in [9.17, 15) is 115 Å². The molecule has 1 atom stereocenters. The van der Waals surface area contributed by atoms with E-state index in [4.69, 9.17) is 0 Å². The minimum atomic E-state index is -9.61. The Balaban J connectivity index is 7.04. The van der Waals surface area contributed by atoms with E-state index in [0.29, 0.717) is 0 Å². The van der Waals surface area contributed by atoms with Crippen molar-refractivity contribution in [3.63, 3.8) is 0 Å². The Morgan fingerprint density at radius 2 is 0.674 bits per heavy atom. The summed E-state index contributed by atoms with van der Waals surface area (Å²) in [4.78, 5) is 0. The monoisotopic (exact) mass is 746 g/mol. The molecule has 0 fully saturated rings. The van der Waals surface area contributed by atoms with E-state index in [-0.39, 0.29) is 12.8 Å². The number of unbranched alkanes of at least 4 members (excludes halogenated alkanes) is 2. The molecule has 0 aromatic rings. The quantitative estimate of drug-likeness (QED) is 0.0893. The van der Waals surface area contributed by atoms with Gasteiger partial charge in [0, 0.05) is 6.42 Å². The van der Waals surface area contributed by atoms with Crippen LogP contribution in [0.1, 0.15) is 32.1 Å². The number of aliphatic hydroxyl groups excluding tert-OH is 1. The number of halogens is 25. The molecule has 0 heterocycles. The zero-order chi connectivity index (χ0) is 37.8. The largest absolute Gasteiger partial charge is 0.460 e. The summed E-state index contributed by atoms with van der Waals surface area (Å²) in [5.41, 5.74) is 0. The van der Waals surface area contributed by atoms with E-state index in [1.54, 1.807) is 0 Å². The molecule has 0 aliphatic heterocycles. The Hall–Kier alpha value is -2.05. The molecule has 0 spiro atoms. The highest BCUT2D eigenvalue weighted by Gasteiger charge is 2.99. The lowest BCUT2D eigenvalue weighted by Crippen LogP contribution is -2.78. The molecule has 0 saturated carbocycles. The topological polar surface area (TPSA) is 20.2 Å². The normalized spacial score (nSPS) is 16.9. The van der Waals surface area contributed by atoms with Crippen LogP contribution in [0.3, 0.4) is 0 Å². The van der Waals surface area contributed by atoms with Gasteiger partial charge in [-0.1, -0.05) is 12.5 Å². The molecular formula is C20H15F25O. The van der Waals surface area contributed by atoms with E-state index >= 15 is 0 Å². The van der Waals surface area contributed by atoms with E-state index in [1.165, 1.54) is 0 Å². The molecule has 0 aliphatic carbocycles. The van der Waals surface area contributed by atoms with Crippen LogP contribution in [0.5, 0.6) is 0 Å². The molecular weight excluding hydrogens is 731 g/mol. The average molecular weight is 746 g/mol. The van der Waals surface area contributed by atoms with E-state index in [1.807, 2.05) is 0 Å². The van der Waals surface area contributed by atoms with E-state index < -0.39 is 96.7 Å². The fourth-order valence-electron chi connectivity index (χ4n) is 3.18. The summed E-state index contributed by atoms with van der Waals surface area (Å²) < 4.78 is 336. The van der Waals surface area contributed by atoms with E-state index in [2.05, 4.69) is 6.58 Å². The van der Waals surface area contributed by atoms with Crippen LogP contribution >= 0.6 is 0 Å². The molecule has 46 heavy (non-hydrogen) atoms. The lowest BCUT2D eigenvalue weighted by Gasteiger charge is -2.45. The van der Waals surface area contributed by atoms with Gasteiger partial charge in [0.1, 0.15) is 0 Å². The molecule has 0 aromatic heterocycles. The van der Waals surface area contributed by atoms with Crippen molar-refractivity contribution < 1.29 is 115 Å². The molecule has 0 amide bonds. The van der Waals surface area contributed by atoms with Gasteiger partial charge in [0.15, 0.2) is 0 Å². The molecule has 1 N–H and O–H groups in total. The number of hydrogen-bond donors (Lipinski definition) is 1. The van der Waals surface area contributed by atoms with Crippen LogP contribution in [-0.4, -0.2) is 82.5 Å². The predicted octanol–water partition coefficient (Wildman–Crippen LogP) is 10.0. The molecule has 1 unspecified atom stereocenters. The Morgan fingerprint density at radius 3 is 0.935 bits per heavy atom. The van der Waals surface area contributed by atoms with Crippen molar-refractivity contribution in [1.82, 2.24) is 0 Å². The maximum Gasteiger partial charge on any atom is 0.460 e. The zero-order valence-electron chi connectivity index (χ0n) is 21.3. The fraction of sp³-hybridized carbons (Fsp3) is 0.900. The average Bonchev–Trinajstić information content (AvgIpc) is 2.84. The Bertz CT molecular complexity index is 1050. The highest BCUT2D eigenvalue weighted by molar-refractivity contribution is 5.19. The summed E-state index contributed by atoms with van der Waals surface area (Å²) in [6.07, 6.45) is -14.7. The smallest absolute Gasteiger partial charge is 0.393 e. The van der Waals surface area contributed by atoms with Crippen molar-refractivity contribution in [3.8, 4) is 0 Å². The minimum absolute atomic E-state index is 0.0326. The van der Waals surface area contributed by atoms with Crippen molar-refractivity contribution in [2.75, 3.05) is 0 Å². The minimum Gasteiger partial charge on any atom is -0.393 e. The first-order valence-corrected chi connectivity index (χ1v) is 11.2. The number of hydrogen-bond acceptors (Lipinski definition) is 1. The summed E-state index contributed by atoms with van der Waals surface area (Å²) >= 11 is 0. The third-order valence-corrected chi connectivity index (χ3v) is 6.05. The van der Waals surface area contributed by atoms with Crippen LogP contribution in [0.15, 0.2) is 12.7 Å². The molecule has 0 aliphatic rings. The van der Waals surface area contributed by atoms with Crippen molar-refractivity contribution >= 4 is 0 Å². The van der Waals surface area contributed by atoms with Gasteiger partial charge in [0.05, 0.1) is 6.10 Å². The molecule has 0 aromatic carbocycles. The molecule has 276 valence electrons. The van der Waals surface area contributed by atoms with Gasteiger partial charge in [-0.05, 0) is 19.3 Å². The number of allylic oxidation sites excluding steroid dienone is 1. The molecule has 0 rings (SSSR count). The maximum absolute atomic E-state index is 13.9. The summed E-state index contributed by atoms with van der Waals surface area (Å²) in [7, 11) is 0.